The van der Waals surface area contributed by atoms with E-state index in [0.29, 0.717) is 0 Å². The average molecular weight is 155 g/mol. The summed E-state index contributed by atoms with van der Waals surface area (Å²) in [6, 6.07) is 2.16. The molecule has 1 aromatic heterocycles. The molecule has 0 atom stereocenters. The quantitative estimate of drug-likeness (QED) is 0.538. The lowest BCUT2D eigenvalue weighted by Gasteiger charge is -1.96. The molecule has 0 bridgehead atoms. The number of aromatic nitrogens is 1. The molecule has 5 nitrogen and oxygen atoms in total. The third-order valence-corrected chi connectivity index (χ3v) is 1.09. The SMILES string of the molecule is O=C(O)c1ccc(O)nc1O. The van der Waals surface area contributed by atoms with E-state index in [-0.39, 0.29) is 5.56 Å². The van der Waals surface area contributed by atoms with Gasteiger partial charge >= 0.3 is 5.97 Å². The fourth-order valence-electron chi connectivity index (χ4n) is 0.605. The number of carboxylic acid groups (broad SMARTS) is 1. The first-order valence-electron chi connectivity index (χ1n) is 2.73. The van der Waals surface area contributed by atoms with E-state index >= 15 is 0 Å². The molecular weight excluding hydrogens is 150 g/mol. The molecule has 58 valence electrons. The van der Waals surface area contributed by atoms with Crippen LogP contribution in [-0.4, -0.2) is 26.3 Å². The minimum atomic E-state index is -1.28. The van der Waals surface area contributed by atoms with Gasteiger partial charge in [0.25, 0.3) is 0 Å². The Morgan fingerprint density at radius 1 is 1.36 bits per heavy atom. The maximum atomic E-state index is 10.3. The summed E-state index contributed by atoms with van der Waals surface area (Å²) in [6.07, 6.45) is 0. The van der Waals surface area contributed by atoms with Gasteiger partial charge in [0.05, 0.1) is 0 Å². The molecule has 0 saturated heterocycles. The lowest BCUT2D eigenvalue weighted by atomic mass is 10.3. The molecule has 0 aromatic carbocycles. The fraction of sp³-hybridized carbons (Fsp3) is 0. The van der Waals surface area contributed by atoms with Gasteiger partial charge in [0, 0.05) is 6.07 Å². The molecule has 1 heterocycles. The number of aromatic hydroxyl groups is 2. The Morgan fingerprint density at radius 3 is 2.45 bits per heavy atom. The highest BCUT2D eigenvalue weighted by molar-refractivity contribution is 5.90. The number of carboxylic acids is 1. The number of carbonyl (C=O) groups is 1. The van der Waals surface area contributed by atoms with Crippen molar-refractivity contribution in [3.8, 4) is 11.8 Å². The topological polar surface area (TPSA) is 90.7 Å². The van der Waals surface area contributed by atoms with Gasteiger partial charge in [-0.25, -0.2) is 4.79 Å². The zero-order valence-electron chi connectivity index (χ0n) is 5.35. The summed E-state index contributed by atoms with van der Waals surface area (Å²) in [5, 5.41) is 25.8. The van der Waals surface area contributed by atoms with E-state index < -0.39 is 17.7 Å². The van der Waals surface area contributed by atoms with E-state index in [0.717, 1.165) is 12.1 Å². The Morgan fingerprint density at radius 2 is 2.00 bits per heavy atom. The van der Waals surface area contributed by atoms with Crippen molar-refractivity contribution in [2.24, 2.45) is 0 Å². The summed E-state index contributed by atoms with van der Waals surface area (Å²) in [4.78, 5) is 13.4. The van der Waals surface area contributed by atoms with Crippen LogP contribution in [-0.2, 0) is 0 Å². The van der Waals surface area contributed by atoms with Crippen LogP contribution in [0.25, 0.3) is 0 Å². The maximum absolute atomic E-state index is 10.3. The van der Waals surface area contributed by atoms with Crippen LogP contribution in [0, 0.1) is 0 Å². The van der Waals surface area contributed by atoms with Gasteiger partial charge in [-0.3, -0.25) is 0 Å². The van der Waals surface area contributed by atoms with Crippen molar-refractivity contribution in [3.63, 3.8) is 0 Å². The van der Waals surface area contributed by atoms with Gasteiger partial charge in [-0.1, -0.05) is 0 Å². The van der Waals surface area contributed by atoms with Crippen LogP contribution in [0.15, 0.2) is 12.1 Å². The van der Waals surface area contributed by atoms with Crippen LogP contribution in [0.5, 0.6) is 11.8 Å². The maximum Gasteiger partial charge on any atom is 0.341 e. The number of hydrogen-bond donors (Lipinski definition) is 3. The summed E-state index contributed by atoms with van der Waals surface area (Å²) in [5.41, 5.74) is -0.331. The van der Waals surface area contributed by atoms with Gasteiger partial charge in [-0.2, -0.15) is 4.98 Å². The van der Waals surface area contributed by atoms with E-state index in [1.165, 1.54) is 0 Å². The van der Waals surface area contributed by atoms with Gasteiger partial charge < -0.3 is 15.3 Å². The predicted molar refractivity (Wildman–Crippen MR) is 34.5 cm³/mol. The molecule has 0 fully saturated rings. The second-order valence-corrected chi connectivity index (χ2v) is 1.85. The molecule has 0 spiro atoms. The van der Waals surface area contributed by atoms with Gasteiger partial charge in [0.1, 0.15) is 5.56 Å². The molecule has 11 heavy (non-hydrogen) atoms. The van der Waals surface area contributed by atoms with Gasteiger partial charge in [-0.15, -0.1) is 0 Å². The third kappa shape index (κ3) is 1.37. The number of hydrogen-bond acceptors (Lipinski definition) is 4. The number of aromatic carboxylic acids is 1. The van der Waals surface area contributed by atoms with E-state index in [1.54, 1.807) is 0 Å². The van der Waals surface area contributed by atoms with Crippen molar-refractivity contribution < 1.29 is 20.1 Å². The zero-order chi connectivity index (χ0) is 8.43. The molecule has 1 aromatic rings. The minimum absolute atomic E-state index is 0.331. The first-order chi connectivity index (χ1) is 5.11. The molecule has 0 aliphatic carbocycles. The van der Waals surface area contributed by atoms with Crippen LogP contribution in [0.2, 0.25) is 0 Å². The van der Waals surface area contributed by atoms with E-state index in [1.807, 2.05) is 0 Å². The van der Waals surface area contributed by atoms with Crippen LogP contribution in [0.4, 0.5) is 0 Å². The number of pyridine rings is 1. The zero-order valence-corrected chi connectivity index (χ0v) is 5.35. The van der Waals surface area contributed by atoms with Crippen molar-refractivity contribution in [3.05, 3.63) is 17.7 Å². The van der Waals surface area contributed by atoms with Gasteiger partial charge in [0.2, 0.25) is 11.8 Å². The molecule has 0 amide bonds. The van der Waals surface area contributed by atoms with E-state index in [9.17, 15) is 4.79 Å². The van der Waals surface area contributed by atoms with Crippen LogP contribution < -0.4 is 0 Å². The van der Waals surface area contributed by atoms with E-state index in [2.05, 4.69) is 4.98 Å². The third-order valence-electron chi connectivity index (χ3n) is 1.09. The summed E-state index contributed by atoms with van der Waals surface area (Å²) >= 11 is 0. The van der Waals surface area contributed by atoms with Gasteiger partial charge in [-0.05, 0) is 6.07 Å². The molecule has 0 aliphatic heterocycles. The highest BCUT2D eigenvalue weighted by Gasteiger charge is 2.10. The Bertz CT molecular complexity index is 297. The smallest absolute Gasteiger partial charge is 0.341 e. The fourth-order valence-corrected chi connectivity index (χ4v) is 0.605. The minimum Gasteiger partial charge on any atom is -0.493 e. The highest BCUT2D eigenvalue weighted by atomic mass is 16.4. The largest absolute Gasteiger partial charge is 0.493 e. The van der Waals surface area contributed by atoms with Crippen molar-refractivity contribution in [2.45, 2.75) is 0 Å². The molecule has 0 radical (unpaired) electrons. The lowest BCUT2D eigenvalue weighted by molar-refractivity contribution is 0.0693. The molecule has 0 aliphatic rings. The molecular formula is C6H5NO4. The Labute approximate surface area is 61.6 Å². The second-order valence-electron chi connectivity index (χ2n) is 1.85. The molecule has 3 N–H and O–H groups in total. The summed E-state index contributed by atoms with van der Waals surface area (Å²) in [5.74, 6) is -2.38. The molecule has 0 saturated carbocycles. The van der Waals surface area contributed by atoms with Crippen molar-refractivity contribution in [2.75, 3.05) is 0 Å². The molecule has 1 rings (SSSR count). The summed E-state index contributed by atoms with van der Waals surface area (Å²) in [6.45, 7) is 0. The van der Waals surface area contributed by atoms with Crippen LogP contribution in [0.1, 0.15) is 10.4 Å². The van der Waals surface area contributed by atoms with Crippen molar-refractivity contribution in [1.29, 1.82) is 0 Å². The average Bonchev–Trinajstić information content (AvgIpc) is 1.85. The van der Waals surface area contributed by atoms with Crippen molar-refractivity contribution in [1.82, 2.24) is 4.98 Å². The number of nitrogens with zero attached hydrogens (tertiary/aromatic N) is 1. The Hall–Kier alpha value is -1.78. The number of rotatable bonds is 1. The first-order valence-corrected chi connectivity index (χ1v) is 2.73. The van der Waals surface area contributed by atoms with Crippen molar-refractivity contribution >= 4 is 5.97 Å². The summed E-state index contributed by atoms with van der Waals surface area (Å²) < 4.78 is 0. The van der Waals surface area contributed by atoms with E-state index in [4.69, 9.17) is 15.3 Å². The first kappa shape index (κ1) is 7.33. The van der Waals surface area contributed by atoms with Gasteiger partial charge in [0.15, 0.2) is 0 Å². The normalized spacial score (nSPS) is 9.45. The Balaban J connectivity index is 3.20. The predicted octanol–water partition coefficient (Wildman–Crippen LogP) is 0.191. The lowest BCUT2D eigenvalue weighted by Crippen LogP contribution is -1.97. The second kappa shape index (κ2) is 2.45. The Kier molecular flexibility index (Phi) is 1.63. The van der Waals surface area contributed by atoms with Crippen LogP contribution >= 0.6 is 0 Å². The monoisotopic (exact) mass is 155 g/mol. The molecule has 0 unspecified atom stereocenters. The molecule has 5 heteroatoms. The summed E-state index contributed by atoms with van der Waals surface area (Å²) in [7, 11) is 0. The highest BCUT2D eigenvalue weighted by Crippen LogP contribution is 2.16. The van der Waals surface area contributed by atoms with Crippen LogP contribution in [0.3, 0.4) is 0 Å². The standard InChI is InChI=1S/C6H5NO4/c8-4-2-1-3(6(10)11)5(9)7-4/h1-2H,(H,10,11)(H2,7,8,9).